The number of rotatable bonds is 0. The minimum absolute atomic E-state index is 0.138. The smallest absolute Gasteiger partial charge is 0.338 e. The normalized spacial score (nSPS) is 18.3. The Balaban J connectivity index is 0.000000209. The summed E-state index contributed by atoms with van der Waals surface area (Å²) in [4.78, 5) is 44.1. The minimum atomic E-state index is -0.347. The van der Waals surface area contributed by atoms with Crippen molar-refractivity contribution in [2.24, 2.45) is 0 Å². The standard InChI is InChI=1S/C12H12O4.C6H8O4/c13-11-9-3-5-10(6-4-9)12(14)16-8-2-1-7-15-11;7-5-1-2-6(8)10-4-3-9-5/h3-6H,1-2,7-8H2;1-4H2. The van der Waals surface area contributed by atoms with Gasteiger partial charge in [-0.15, -0.1) is 0 Å². The number of fused-ring (bicyclic) bond motifs is 9. The number of cyclic esters (lactones) is 2. The number of benzene rings is 1. The van der Waals surface area contributed by atoms with E-state index in [2.05, 4.69) is 9.47 Å². The van der Waals surface area contributed by atoms with Crippen LogP contribution in [0.3, 0.4) is 0 Å². The molecule has 3 aliphatic heterocycles. The molecular formula is C18H20O8. The molecule has 0 unspecified atom stereocenters. The summed E-state index contributed by atoms with van der Waals surface area (Å²) >= 11 is 0. The predicted octanol–water partition coefficient (Wildman–Crippen LogP) is 1.66. The van der Waals surface area contributed by atoms with Crippen molar-refractivity contribution in [2.45, 2.75) is 25.7 Å². The van der Waals surface area contributed by atoms with Crippen molar-refractivity contribution in [1.82, 2.24) is 0 Å². The lowest BCUT2D eigenvalue weighted by molar-refractivity contribution is -0.158. The summed E-state index contributed by atoms with van der Waals surface area (Å²) in [6.07, 6.45) is 1.68. The summed E-state index contributed by atoms with van der Waals surface area (Å²) in [7, 11) is 0. The van der Waals surface area contributed by atoms with Crippen molar-refractivity contribution in [2.75, 3.05) is 26.4 Å². The van der Waals surface area contributed by atoms with Gasteiger partial charge in [0, 0.05) is 0 Å². The fourth-order valence-corrected chi connectivity index (χ4v) is 2.10. The first-order valence-electron chi connectivity index (χ1n) is 8.32. The highest BCUT2D eigenvalue weighted by Crippen LogP contribution is 2.09. The maximum Gasteiger partial charge on any atom is 0.338 e. The quantitative estimate of drug-likeness (QED) is 0.505. The highest BCUT2D eigenvalue weighted by atomic mass is 16.6. The van der Waals surface area contributed by atoms with E-state index in [-0.39, 0.29) is 49.9 Å². The first kappa shape index (κ1) is 19.4. The zero-order chi connectivity index (χ0) is 18.8. The predicted molar refractivity (Wildman–Crippen MR) is 87.4 cm³/mol. The second-order valence-corrected chi connectivity index (χ2v) is 5.50. The van der Waals surface area contributed by atoms with Crippen LogP contribution in [0.15, 0.2) is 24.3 Å². The lowest BCUT2D eigenvalue weighted by atomic mass is 10.1. The molecule has 2 bridgehead atoms. The molecule has 0 atom stereocenters. The maximum absolute atomic E-state index is 11.5. The number of hydrogen-bond donors (Lipinski definition) is 0. The first-order valence-corrected chi connectivity index (χ1v) is 8.32. The molecule has 140 valence electrons. The number of carbonyl (C=O) groups excluding carboxylic acids is 4. The molecule has 0 saturated carbocycles. The molecule has 8 nitrogen and oxygen atoms in total. The Bertz CT molecular complexity index is 593. The zero-order valence-corrected chi connectivity index (χ0v) is 14.2. The van der Waals surface area contributed by atoms with Crippen molar-refractivity contribution in [3.8, 4) is 0 Å². The Morgan fingerprint density at radius 2 is 0.923 bits per heavy atom. The fourth-order valence-electron chi connectivity index (χ4n) is 2.10. The monoisotopic (exact) mass is 364 g/mol. The Hall–Kier alpha value is -2.90. The molecule has 0 spiro atoms. The number of carbonyl (C=O) groups is 4. The molecule has 1 aromatic rings. The molecule has 0 aliphatic carbocycles. The summed E-state index contributed by atoms with van der Waals surface area (Å²) in [6.45, 7) is 1.09. The molecule has 0 amide bonds. The highest BCUT2D eigenvalue weighted by Gasteiger charge is 2.13. The molecule has 1 aromatic carbocycles. The zero-order valence-electron chi connectivity index (χ0n) is 14.2. The van der Waals surface area contributed by atoms with Crippen LogP contribution in [-0.2, 0) is 28.5 Å². The van der Waals surface area contributed by atoms with Gasteiger partial charge in [-0.1, -0.05) is 0 Å². The van der Waals surface area contributed by atoms with Crippen molar-refractivity contribution < 1.29 is 38.1 Å². The van der Waals surface area contributed by atoms with Crippen LogP contribution in [-0.4, -0.2) is 50.3 Å². The molecule has 4 rings (SSSR count). The Labute approximate surface area is 150 Å². The number of hydrogen-bond acceptors (Lipinski definition) is 8. The van der Waals surface area contributed by atoms with Gasteiger partial charge in [-0.3, -0.25) is 9.59 Å². The molecule has 1 fully saturated rings. The lowest BCUT2D eigenvalue weighted by Gasteiger charge is -2.09. The van der Waals surface area contributed by atoms with E-state index >= 15 is 0 Å². The summed E-state index contributed by atoms with van der Waals surface area (Å²) < 4.78 is 19.3. The summed E-state index contributed by atoms with van der Waals surface area (Å²) in [5.41, 5.74) is 0.911. The van der Waals surface area contributed by atoms with E-state index in [1.54, 1.807) is 24.3 Å². The van der Waals surface area contributed by atoms with E-state index in [1.165, 1.54) is 0 Å². The van der Waals surface area contributed by atoms with Crippen LogP contribution in [0, 0.1) is 0 Å². The van der Waals surface area contributed by atoms with Crippen molar-refractivity contribution >= 4 is 23.9 Å². The van der Waals surface area contributed by atoms with Crippen LogP contribution < -0.4 is 0 Å². The topological polar surface area (TPSA) is 105 Å². The van der Waals surface area contributed by atoms with Gasteiger partial charge in [0.25, 0.3) is 0 Å². The van der Waals surface area contributed by atoms with Crippen LogP contribution in [0.5, 0.6) is 0 Å². The molecule has 0 aromatic heterocycles. The third-order valence-corrected chi connectivity index (χ3v) is 3.50. The van der Waals surface area contributed by atoms with Crippen LogP contribution in [0.1, 0.15) is 46.4 Å². The first-order chi connectivity index (χ1) is 12.6. The van der Waals surface area contributed by atoms with Crippen molar-refractivity contribution in [1.29, 1.82) is 0 Å². The van der Waals surface area contributed by atoms with E-state index in [1.807, 2.05) is 0 Å². The summed E-state index contributed by atoms with van der Waals surface area (Å²) in [6, 6.07) is 6.28. The average Bonchev–Trinajstić information content (AvgIpc) is 2.64. The van der Waals surface area contributed by atoms with Gasteiger partial charge in [-0.25, -0.2) is 9.59 Å². The van der Waals surface area contributed by atoms with Crippen LogP contribution in [0.25, 0.3) is 0 Å². The lowest BCUT2D eigenvalue weighted by Crippen LogP contribution is -2.18. The molecule has 8 heteroatoms. The Morgan fingerprint density at radius 1 is 0.538 bits per heavy atom. The molecule has 3 aliphatic rings. The van der Waals surface area contributed by atoms with Gasteiger partial charge < -0.3 is 18.9 Å². The van der Waals surface area contributed by atoms with Gasteiger partial charge in [0.15, 0.2) is 0 Å². The average molecular weight is 364 g/mol. The molecule has 0 N–H and O–H groups in total. The van der Waals surface area contributed by atoms with Crippen molar-refractivity contribution in [3.05, 3.63) is 35.4 Å². The summed E-state index contributed by atoms with van der Waals surface area (Å²) in [5.74, 6) is -1.34. The molecule has 1 saturated heterocycles. The summed E-state index contributed by atoms with van der Waals surface area (Å²) in [5, 5.41) is 0. The largest absolute Gasteiger partial charge is 0.462 e. The highest BCUT2D eigenvalue weighted by molar-refractivity contribution is 5.93. The van der Waals surface area contributed by atoms with Crippen LogP contribution >= 0.6 is 0 Å². The van der Waals surface area contributed by atoms with Gasteiger partial charge in [0.2, 0.25) is 0 Å². The van der Waals surface area contributed by atoms with Gasteiger partial charge in [0.1, 0.15) is 13.2 Å². The molecule has 3 heterocycles. The third-order valence-electron chi connectivity index (χ3n) is 3.50. The van der Waals surface area contributed by atoms with E-state index in [0.717, 1.165) is 0 Å². The molecule has 0 radical (unpaired) electrons. The minimum Gasteiger partial charge on any atom is -0.462 e. The molecular weight excluding hydrogens is 344 g/mol. The van der Waals surface area contributed by atoms with E-state index < -0.39 is 0 Å². The Morgan fingerprint density at radius 3 is 1.31 bits per heavy atom. The van der Waals surface area contributed by atoms with Crippen molar-refractivity contribution in [3.63, 3.8) is 0 Å². The maximum atomic E-state index is 11.5. The van der Waals surface area contributed by atoms with Gasteiger partial charge in [-0.2, -0.15) is 0 Å². The van der Waals surface area contributed by atoms with E-state index in [0.29, 0.717) is 37.2 Å². The third kappa shape index (κ3) is 6.54. The number of ether oxygens (including phenoxy) is 4. The Kier molecular flexibility index (Phi) is 7.60. The van der Waals surface area contributed by atoms with E-state index in [9.17, 15) is 19.2 Å². The van der Waals surface area contributed by atoms with Crippen LogP contribution in [0.4, 0.5) is 0 Å². The second kappa shape index (κ2) is 10.2. The van der Waals surface area contributed by atoms with E-state index in [4.69, 9.17) is 9.47 Å². The van der Waals surface area contributed by atoms with Crippen LogP contribution in [0.2, 0.25) is 0 Å². The van der Waals surface area contributed by atoms with Gasteiger partial charge >= 0.3 is 23.9 Å². The van der Waals surface area contributed by atoms with Gasteiger partial charge in [-0.05, 0) is 37.1 Å². The van der Waals surface area contributed by atoms with Gasteiger partial charge in [0.05, 0.1) is 37.2 Å². The fraction of sp³-hybridized carbons (Fsp3) is 0.444. The SMILES string of the molecule is O=C1CCC(=O)OCCO1.O=C1OCCCCOC(=O)c2ccc1cc2. The molecule has 26 heavy (non-hydrogen) atoms. The number of esters is 4. The second-order valence-electron chi connectivity index (χ2n) is 5.50.